The molecular formula is C22H27N3O4S. The Morgan fingerprint density at radius 3 is 2.10 bits per heavy atom. The van der Waals surface area contributed by atoms with E-state index in [1.807, 2.05) is 31.2 Å². The number of hydrogen-bond acceptors (Lipinski definition) is 4. The third kappa shape index (κ3) is 5.18. The van der Waals surface area contributed by atoms with Gasteiger partial charge in [0.2, 0.25) is 15.9 Å². The van der Waals surface area contributed by atoms with Crippen LogP contribution < -0.4 is 10.0 Å². The molecule has 0 bridgehead atoms. The second-order valence-corrected chi connectivity index (χ2v) is 9.68. The van der Waals surface area contributed by atoms with Crippen molar-refractivity contribution in [3.05, 3.63) is 65.2 Å². The zero-order valence-corrected chi connectivity index (χ0v) is 18.1. The van der Waals surface area contributed by atoms with Gasteiger partial charge in [-0.25, -0.2) is 8.42 Å². The molecule has 0 spiro atoms. The van der Waals surface area contributed by atoms with Crippen molar-refractivity contribution in [1.82, 2.24) is 4.90 Å². The fourth-order valence-corrected chi connectivity index (χ4v) is 4.47. The van der Waals surface area contributed by atoms with Crippen molar-refractivity contribution in [2.45, 2.75) is 26.3 Å². The number of hydrogen-bond donors (Lipinski definition) is 1. The van der Waals surface area contributed by atoms with Crippen LogP contribution in [0.15, 0.2) is 48.5 Å². The molecular weight excluding hydrogens is 402 g/mol. The smallest absolute Gasteiger partial charge is 0.253 e. The number of aryl methyl sites for hydroxylation is 1. The van der Waals surface area contributed by atoms with E-state index in [1.54, 1.807) is 29.2 Å². The molecule has 3 rings (SSSR count). The zero-order chi connectivity index (χ0) is 21.9. The molecule has 1 fully saturated rings. The van der Waals surface area contributed by atoms with Crippen LogP contribution in [0.1, 0.15) is 34.3 Å². The first-order valence-corrected chi connectivity index (χ1v) is 11.7. The van der Waals surface area contributed by atoms with Gasteiger partial charge in [-0.05, 0) is 49.6 Å². The maximum atomic E-state index is 12.8. The van der Waals surface area contributed by atoms with Gasteiger partial charge in [-0.15, -0.1) is 0 Å². The number of sulfonamides is 1. The molecule has 1 aliphatic rings. The lowest BCUT2D eigenvalue weighted by molar-refractivity contribution is -0.123. The highest BCUT2D eigenvalue weighted by Gasteiger charge is 2.26. The minimum atomic E-state index is -3.50. The summed E-state index contributed by atoms with van der Waals surface area (Å²) in [7, 11) is -3.50. The van der Waals surface area contributed by atoms with Crippen molar-refractivity contribution in [2.24, 2.45) is 11.7 Å². The Labute approximate surface area is 177 Å². The standard InChI is InChI=1S/C22H27N3O4S/c1-16-3-5-17(6-4-16)15-25(30(2,28)29)20-9-7-19(8-10-20)22(27)24-13-11-18(12-14-24)21(23)26/h3-10,18H,11-15H2,1-2H3,(H2,23,26). The zero-order valence-electron chi connectivity index (χ0n) is 17.2. The van der Waals surface area contributed by atoms with Crippen LogP contribution in [0.4, 0.5) is 5.69 Å². The normalized spacial score (nSPS) is 15.1. The molecule has 1 heterocycles. The maximum Gasteiger partial charge on any atom is 0.253 e. The summed E-state index contributed by atoms with van der Waals surface area (Å²) in [5, 5.41) is 0. The van der Waals surface area contributed by atoms with Crippen LogP contribution in [0.5, 0.6) is 0 Å². The molecule has 2 aromatic rings. The molecule has 0 atom stereocenters. The third-order valence-corrected chi connectivity index (χ3v) is 6.57. The van der Waals surface area contributed by atoms with Gasteiger partial charge in [0.05, 0.1) is 18.5 Å². The van der Waals surface area contributed by atoms with Crippen molar-refractivity contribution < 1.29 is 18.0 Å². The number of benzene rings is 2. The van der Waals surface area contributed by atoms with E-state index < -0.39 is 10.0 Å². The Kier molecular flexibility index (Phi) is 6.45. The van der Waals surface area contributed by atoms with Crippen LogP contribution >= 0.6 is 0 Å². The molecule has 0 aliphatic carbocycles. The molecule has 1 saturated heterocycles. The van der Waals surface area contributed by atoms with Gasteiger partial charge in [-0.3, -0.25) is 13.9 Å². The number of amides is 2. The van der Waals surface area contributed by atoms with E-state index in [4.69, 9.17) is 5.73 Å². The summed E-state index contributed by atoms with van der Waals surface area (Å²) in [6.07, 6.45) is 2.30. The predicted molar refractivity (Wildman–Crippen MR) is 116 cm³/mol. The Morgan fingerprint density at radius 1 is 1.03 bits per heavy atom. The first kappa shape index (κ1) is 21.8. The number of nitrogens with two attached hydrogens (primary N) is 1. The lowest BCUT2D eigenvalue weighted by Crippen LogP contribution is -2.41. The highest BCUT2D eigenvalue weighted by Crippen LogP contribution is 2.23. The van der Waals surface area contributed by atoms with Crippen molar-refractivity contribution in [1.29, 1.82) is 0 Å². The minimum absolute atomic E-state index is 0.131. The topological polar surface area (TPSA) is 101 Å². The Bertz CT molecular complexity index is 1010. The number of likely N-dealkylation sites (tertiary alicyclic amines) is 1. The fraction of sp³-hybridized carbons (Fsp3) is 0.364. The second kappa shape index (κ2) is 8.87. The molecule has 1 aliphatic heterocycles. The van der Waals surface area contributed by atoms with Crippen LogP contribution in [-0.4, -0.2) is 44.5 Å². The van der Waals surface area contributed by atoms with E-state index in [9.17, 15) is 18.0 Å². The summed E-state index contributed by atoms with van der Waals surface area (Å²) in [5.74, 6) is -0.628. The highest BCUT2D eigenvalue weighted by atomic mass is 32.2. The van der Waals surface area contributed by atoms with E-state index in [0.717, 1.165) is 11.1 Å². The number of nitrogens with zero attached hydrogens (tertiary/aromatic N) is 2. The van der Waals surface area contributed by atoms with Crippen molar-refractivity contribution in [3.8, 4) is 0 Å². The van der Waals surface area contributed by atoms with E-state index in [1.165, 1.54) is 10.6 Å². The summed E-state index contributed by atoms with van der Waals surface area (Å²) in [4.78, 5) is 25.8. The first-order chi connectivity index (χ1) is 14.1. The SMILES string of the molecule is Cc1ccc(CN(c2ccc(C(=O)N3CCC(C(N)=O)CC3)cc2)S(C)(=O)=O)cc1. The predicted octanol–water partition coefficient (Wildman–Crippen LogP) is 2.30. The van der Waals surface area contributed by atoms with Crippen molar-refractivity contribution in [3.63, 3.8) is 0 Å². The lowest BCUT2D eigenvalue weighted by Gasteiger charge is -2.30. The van der Waals surface area contributed by atoms with E-state index >= 15 is 0 Å². The van der Waals surface area contributed by atoms with Gasteiger partial charge in [0.15, 0.2) is 0 Å². The van der Waals surface area contributed by atoms with E-state index in [-0.39, 0.29) is 24.3 Å². The van der Waals surface area contributed by atoms with E-state index in [0.29, 0.717) is 37.2 Å². The monoisotopic (exact) mass is 429 g/mol. The maximum absolute atomic E-state index is 12.8. The number of carbonyl (C=O) groups excluding carboxylic acids is 2. The summed E-state index contributed by atoms with van der Waals surface area (Å²) in [5.41, 5.74) is 8.32. The molecule has 7 nitrogen and oxygen atoms in total. The average molecular weight is 430 g/mol. The largest absolute Gasteiger partial charge is 0.369 e. The molecule has 2 aromatic carbocycles. The minimum Gasteiger partial charge on any atom is -0.369 e. The number of primary amides is 1. The fourth-order valence-electron chi connectivity index (χ4n) is 3.58. The van der Waals surface area contributed by atoms with Gasteiger partial charge >= 0.3 is 0 Å². The Balaban J connectivity index is 1.74. The van der Waals surface area contributed by atoms with Crippen LogP contribution in [0, 0.1) is 12.8 Å². The lowest BCUT2D eigenvalue weighted by atomic mass is 9.96. The molecule has 0 unspecified atom stereocenters. The van der Waals surface area contributed by atoms with Crippen LogP contribution in [0.3, 0.4) is 0 Å². The van der Waals surface area contributed by atoms with Gasteiger partial charge < -0.3 is 10.6 Å². The summed E-state index contributed by atoms with van der Waals surface area (Å²) < 4.78 is 26.1. The molecule has 0 saturated carbocycles. The van der Waals surface area contributed by atoms with Gasteiger partial charge in [-0.1, -0.05) is 29.8 Å². The van der Waals surface area contributed by atoms with Crippen LogP contribution in [0.2, 0.25) is 0 Å². The second-order valence-electron chi connectivity index (χ2n) is 7.77. The third-order valence-electron chi connectivity index (χ3n) is 5.43. The number of piperidine rings is 1. The van der Waals surface area contributed by atoms with Gasteiger partial charge in [-0.2, -0.15) is 0 Å². The van der Waals surface area contributed by atoms with Crippen molar-refractivity contribution >= 4 is 27.5 Å². The van der Waals surface area contributed by atoms with Crippen LogP contribution in [0.25, 0.3) is 0 Å². The van der Waals surface area contributed by atoms with Gasteiger partial charge in [0.25, 0.3) is 5.91 Å². The van der Waals surface area contributed by atoms with Crippen molar-refractivity contribution in [2.75, 3.05) is 23.7 Å². The van der Waals surface area contributed by atoms with Gasteiger partial charge in [0, 0.05) is 24.6 Å². The summed E-state index contributed by atoms with van der Waals surface area (Å²) in [6, 6.07) is 14.3. The molecule has 160 valence electrons. The molecule has 0 radical (unpaired) electrons. The average Bonchev–Trinajstić information content (AvgIpc) is 2.72. The molecule has 2 amide bonds. The molecule has 0 aromatic heterocycles. The first-order valence-electron chi connectivity index (χ1n) is 9.87. The summed E-state index contributed by atoms with van der Waals surface area (Å²) in [6.45, 7) is 3.16. The highest BCUT2D eigenvalue weighted by molar-refractivity contribution is 7.92. The molecule has 2 N–H and O–H groups in total. The van der Waals surface area contributed by atoms with Gasteiger partial charge in [0.1, 0.15) is 0 Å². The molecule has 30 heavy (non-hydrogen) atoms. The number of rotatable bonds is 6. The Hall–Kier alpha value is -2.87. The number of carbonyl (C=O) groups is 2. The Morgan fingerprint density at radius 2 is 1.60 bits per heavy atom. The number of anilines is 1. The molecule has 8 heteroatoms. The quantitative estimate of drug-likeness (QED) is 0.761. The summed E-state index contributed by atoms with van der Waals surface area (Å²) >= 11 is 0. The van der Waals surface area contributed by atoms with E-state index in [2.05, 4.69) is 0 Å². The van der Waals surface area contributed by atoms with Crippen LogP contribution in [-0.2, 0) is 21.4 Å².